The summed E-state index contributed by atoms with van der Waals surface area (Å²) in [6.07, 6.45) is 0. The smallest absolute Gasteiger partial charge is 0.258 e. The molecule has 1 heterocycles. The third-order valence-electron chi connectivity index (χ3n) is 2.98. The number of nitro groups is 1. The minimum absolute atomic E-state index is 0.0105. The van der Waals surface area contributed by atoms with Crippen LogP contribution in [-0.4, -0.2) is 25.1 Å². The highest BCUT2D eigenvalue weighted by atomic mass is 35.5. The van der Waals surface area contributed by atoms with E-state index in [4.69, 9.17) is 11.6 Å². The summed E-state index contributed by atoms with van der Waals surface area (Å²) in [6, 6.07) is 13.5. The van der Waals surface area contributed by atoms with Crippen molar-refractivity contribution >= 4 is 17.3 Å². The van der Waals surface area contributed by atoms with Crippen LogP contribution in [0.15, 0.2) is 48.5 Å². The average molecular weight is 316 g/mol. The zero-order chi connectivity index (χ0) is 15.5. The Morgan fingerprint density at radius 2 is 2.00 bits per heavy atom. The molecule has 0 amide bonds. The van der Waals surface area contributed by atoms with Crippen LogP contribution in [-0.2, 0) is 6.54 Å². The first kappa shape index (κ1) is 14.2. The molecule has 0 saturated heterocycles. The fourth-order valence-electron chi connectivity index (χ4n) is 1.98. The molecule has 0 aliphatic rings. The average Bonchev–Trinajstić information content (AvgIpc) is 2.96. The van der Waals surface area contributed by atoms with Crippen LogP contribution in [0.4, 0.5) is 5.69 Å². The molecule has 3 aromatic rings. The second-order valence-corrected chi connectivity index (χ2v) is 5.02. The maximum absolute atomic E-state index is 10.8. The molecule has 3 rings (SSSR count). The first-order valence-corrected chi connectivity index (χ1v) is 6.77. The normalized spacial score (nSPS) is 10.6. The molecule has 0 aliphatic carbocycles. The lowest BCUT2D eigenvalue weighted by Crippen LogP contribution is -2.03. The first-order valence-electron chi connectivity index (χ1n) is 6.39. The Bertz CT molecular complexity index is 833. The molecule has 0 fully saturated rings. The maximum atomic E-state index is 10.8. The third-order valence-corrected chi connectivity index (χ3v) is 3.22. The molecular weight excluding hydrogens is 306 g/mol. The molecule has 0 aliphatic heterocycles. The van der Waals surface area contributed by atoms with Crippen molar-refractivity contribution in [2.45, 2.75) is 6.54 Å². The highest BCUT2D eigenvalue weighted by molar-refractivity contribution is 6.30. The Labute approximate surface area is 130 Å². The molecule has 0 spiro atoms. The van der Waals surface area contributed by atoms with Crippen molar-refractivity contribution in [3.8, 4) is 11.4 Å². The van der Waals surface area contributed by atoms with Crippen LogP contribution in [0.5, 0.6) is 0 Å². The summed E-state index contributed by atoms with van der Waals surface area (Å²) in [5, 5.41) is 23.6. The predicted molar refractivity (Wildman–Crippen MR) is 80.5 cm³/mol. The van der Waals surface area contributed by atoms with Crippen LogP contribution in [0.1, 0.15) is 5.56 Å². The highest BCUT2D eigenvalue weighted by Crippen LogP contribution is 2.20. The lowest BCUT2D eigenvalue weighted by atomic mass is 10.2. The van der Waals surface area contributed by atoms with Gasteiger partial charge in [0.15, 0.2) is 0 Å². The van der Waals surface area contributed by atoms with Crippen molar-refractivity contribution in [3.05, 3.63) is 69.2 Å². The quantitative estimate of drug-likeness (QED) is 0.545. The van der Waals surface area contributed by atoms with E-state index in [2.05, 4.69) is 15.4 Å². The number of non-ortho nitro benzene ring substituents is 1. The van der Waals surface area contributed by atoms with Gasteiger partial charge in [0, 0.05) is 22.7 Å². The van der Waals surface area contributed by atoms with E-state index in [1.807, 2.05) is 18.2 Å². The predicted octanol–water partition coefficient (Wildman–Crippen LogP) is 2.95. The van der Waals surface area contributed by atoms with E-state index in [0.29, 0.717) is 23.0 Å². The first-order chi connectivity index (χ1) is 10.6. The number of benzene rings is 2. The van der Waals surface area contributed by atoms with E-state index in [0.717, 1.165) is 5.56 Å². The summed E-state index contributed by atoms with van der Waals surface area (Å²) >= 11 is 5.93. The van der Waals surface area contributed by atoms with Crippen molar-refractivity contribution in [2.24, 2.45) is 0 Å². The van der Waals surface area contributed by atoms with Crippen molar-refractivity contribution in [1.29, 1.82) is 0 Å². The van der Waals surface area contributed by atoms with Crippen LogP contribution >= 0.6 is 11.6 Å². The molecule has 2 aromatic carbocycles. The molecule has 1 aromatic heterocycles. The Morgan fingerprint density at radius 3 is 2.77 bits per heavy atom. The maximum Gasteiger partial charge on any atom is 0.270 e. The van der Waals surface area contributed by atoms with E-state index in [1.165, 1.54) is 16.9 Å². The minimum Gasteiger partial charge on any atom is -0.258 e. The van der Waals surface area contributed by atoms with Crippen LogP contribution < -0.4 is 0 Å². The largest absolute Gasteiger partial charge is 0.270 e. The van der Waals surface area contributed by atoms with Crippen LogP contribution in [0.3, 0.4) is 0 Å². The van der Waals surface area contributed by atoms with Gasteiger partial charge < -0.3 is 0 Å². The van der Waals surface area contributed by atoms with Crippen molar-refractivity contribution < 1.29 is 4.92 Å². The Morgan fingerprint density at radius 1 is 1.18 bits per heavy atom. The zero-order valence-electron chi connectivity index (χ0n) is 11.3. The van der Waals surface area contributed by atoms with Gasteiger partial charge >= 0.3 is 0 Å². The van der Waals surface area contributed by atoms with Crippen molar-refractivity contribution in [2.75, 3.05) is 0 Å². The van der Waals surface area contributed by atoms with Gasteiger partial charge in [-0.15, -0.1) is 10.2 Å². The number of nitrogens with zero attached hydrogens (tertiary/aromatic N) is 5. The van der Waals surface area contributed by atoms with Gasteiger partial charge in [0.05, 0.1) is 11.5 Å². The van der Waals surface area contributed by atoms with Crippen LogP contribution in [0.25, 0.3) is 11.4 Å². The lowest BCUT2D eigenvalue weighted by Gasteiger charge is -1.99. The van der Waals surface area contributed by atoms with Gasteiger partial charge in [-0.1, -0.05) is 35.9 Å². The number of aromatic nitrogens is 4. The molecule has 0 unspecified atom stereocenters. The summed E-state index contributed by atoms with van der Waals surface area (Å²) in [7, 11) is 0. The van der Waals surface area contributed by atoms with Gasteiger partial charge in [0.1, 0.15) is 0 Å². The minimum atomic E-state index is -0.458. The van der Waals surface area contributed by atoms with Crippen LogP contribution in [0, 0.1) is 10.1 Å². The van der Waals surface area contributed by atoms with Gasteiger partial charge in [-0.25, -0.2) is 0 Å². The molecular formula is C14H10ClN5O2. The van der Waals surface area contributed by atoms with E-state index in [-0.39, 0.29) is 5.69 Å². The summed E-state index contributed by atoms with van der Waals surface area (Å²) in [5.41, 5.74) is 1.48. The summed E-state index contributed by atoms with van der Waals surface area (Å²) < 4.78 is 0. The number of rotatable bonds is 4. The number of hydrogen-bond donors (Lipinski definition) is 0. The molecule has 22 heavy (non-hydrogen) atoms. The highest BCUT2D eigenvalue weighted by Gasteiger charge is 2.11. The number of tetrazole rings is 1. The van der Waals surface area contributed by atoms with Gasteiger partial charge in [-0.2, -0.15) is 4.80 Å². The van der Waals surface area contributed by atoms with E-state index in [1.54, 1.807) is 18.2 Å². The topological polar surface area (TPSA) is 86.7 Å². The summed E-state index contributed by atoms with van der Waals surface area (Å²) in [6.45, 7) is 0.419. The SMILES string of the molecule is O=[N+]([O-])c1cccc(-c2nnn(Cc3cccc(Cl)c3)n2)c1. The summed E-state index contributed by atoms with van der Waals surface area (Å²) in [5.74, 6) is 0.339. The van der Waals surface area contributed by atoms with Crippen molar-refractivity contribution in [3.63, 3.8) is 0 Å². The molecule has 0 N–H and O–H groups in total. The van der Waals surface area contributed by atoms with Gasteiger partial charge in [0.2, 0.25) is 5.82 Å². The molecule has 0 saturated carbocycles. The Hall–Kier alpha value is -2.80. The monoisotopic (exact) mass is 315 g/mol. The fourth-order valence-corrected chi connectivity index (χ4v) is 2.20. The molecule has 0 atom stereocenters. The van der Waals surface area contributed by atoms with Gasteiger partial charge in [-0.05, 0) is 22.9 Å². The molecule has 0 radical (unpaired) electrons. The van der Waals surface area contributed by atoms with E-state index < -0.39 is 4.92 Å². The van der Waals surface area contributed by atoms with Crippen molar-refractivity contribution in [1.82, 2.24) is 20.2 Å². The second kappa shape index (κ2) is 5.90. The van der Waals surface area contributed by atoms with Gasteiger partial charge in [0.25, 0.3) is 5.69 Å². The second-order valence-electron chi connectivity index (χ2n) is 4.58. The third kappa shape index (κ3) is 3.09. The Kier molecular flexibility index (Phi) is 3.80. The number of hydrogen-bond acceptors (Lipinski definition) is 5. The molecule has 110 valence electrons. The van der Waals surface area contributed by atoms with Crippen LogP contribution in [0.2, 0.25) is 5.02 Å². The Balaban J connectivity index is 1.84. The number of halogens is 1. The van der Waals surface area contributed by atoms with Gasteiger partial charge in [-0.3, -0.25) is 10.1 Å². The fraction of sp³-hybridized carbons (Fsp3) is 0.0714. The number of nitro benzene ring substituents is 1. The molecule has 0 bridgehead atoms. The lowest BCUT2D eigenvalue weighted by molar-refractivity contribution is -0.384. The summed E-state index contributed by atoms with van der Waals surface area (Å²) in [4.78, 5) is 11.8. The van der Waals surface area contributed by atoms with E-state index in [9.17, 15) is 10.1 Å². The van der Waals surface area contributed by atoms with E-state index >= 15 is 0 Å². The molecule has 8 heteroatoms. The zero-order valence-corrected chi connectivity index (χ0v) is 12.0. The molecule has 7 nitrogen and oxygen atoms in total. The standard InChI is InChI=1S/C14H10ClN5O2/c15-12-5-1-3-10(7-12)9-19-17-14(16-18-19)11-4-2-6-13(8-11)20(21)22/h1-8H,9H2.